The van der Waals surface area contributed by atoms with Crippen molar-refractivity contribution in [2.24, 2.45) is 11.8 Å². The van der Waals surface area contributed by atoms with Gasteiger partial charge in [-0.3, -0.25) is 14.5 Å². The van der Waals surface area contributed by atoms with Gasteiger partial charge >= 0.3 is 0 Å². The van der Waals surface area contributed by atoms with E-state index in [1.165, 1.54) is 17.0 Å². The molecule has 3 fully saturated rings. The largest absolute Gasteiger partial charge is 0.373 e. The lowest BCUT2D eigenvalue weighted by atomic mass is 9.81. The molecular weight excluding hydrogens is 273 g/mol. The number of hydrogen-bond acceptors (Lipinski definition) is 3. The molecule has 3 aliphatic heterocycles. The zero-order chi connectivity index (χ0) is 14.6. The highest BCUT2D eigenvalue weighted by molar-refractivity contribution is 6.06. The van der Waals surface area contributed by atoms with Crippen molar-refractivity contribution < 1.29 is 18.7 Å². The van der Waals surface area contributed by atoms with Gasteiger partial charge in [0.2, 0.25) is 11.8 Å². The van der Waals surface area contributed by atoms with Crippen molar-refractivity contribution in [3.8, 4) is 0 Å². The van der Waals surface area contributed by atoms with Gasteiger partial charge in [-0.05, 0) is 37.0 Å². The Balaban J connectivity index is 1.48. The molecule has 5 heteroatoms. The van der Waals surface area contributed by atoms with Crippen LogP contribution in [0.15, 0.2) is 24.3 Å². The van der Waals surface area contributed by atoms with E-state index in [0.29, 0.717) is 13.0 Å². The fraction of sp³-hybridized carbons (Fsp3) is 0.500. The summed E-state index contributed by atoms with van der Waals surface area (Å²) in [4.78, 5) is 26.2. The second-order valence-electron chi connectivity index (χ2n) is 6.05. The Morgan fingerprint density at radius 1 is 1.05 bits per heavy atom. The summed E-state index contributed by atoms with van der Waals surface area (Å²) >= 11 is 0. The van der Waals surface area contributed by atoms with E-state index in [1.807, 2.05) is 0 Å². The van der Waals surface area contributed by atoms with Crippen LogP contribution in [0.5, 0.6) is 0 Å². The van der Waals surface area contributed by atoms with Gasteiger partial charge in [0.1, 0.15) is 5.82 Å². The maximum Gasteiger partial charge on any atom is 0.235 e. The summed E-state index contributed by atoms with van der Waals surface area (Å²) in [6.45, 7) is 0.371. The number of likely N-dealkylation sites (tertiary alicyclic amines) is 1. The third-order valence-electron chi connectivity index (χ3n) is 4.91. The van der Waals surface area contributed by atoms with E-state index in [1.54, 1.807) is 12.1 Å². The van der Waals surface area contributed by atoms with Crippen LogP contribution in [0.2, 0.25) is 0 Å². The Morgan fingerprint density at radius 3 is 2.19 bits per heavy atom. The van der Waals surface area contributed by atoms with E-state index in [2.05, 4.69) is 0 Å². The van der Waals surface area contributed by atoms with Crippen molar-refractivity contribution in [2.75, 3.05) is 6.54 Å². The van der Waals surface area contributed by atoms with Crippen molar-refractivity contribution in [2.45, 2.75) is 31.5 Å². The highest BCUT2D eigenvalue weighted by Gasteiger charge is 2.62. The average molecular weight is 289 g/mol. The first-order valence-electron chi connectivity index (χ1n) is 7.40. The van der Waals surface area contributed by atoms with Gasteiger partial charge in [-0.2, -0.15) is 0 Å². The number of carbonyl (C=O) groups excluding carboxylic acids is 2. The molecule has 4 atom stereocenters. The maximum atomic E-state index is 12.9. The molecule has 3 aliphatic rings. The molecule has 0 spiro atoms. The quantitative estimate of drug-likeness (QED) is 0.793. The number of hydrogen-bond donors (Lipinski definition) is 0. The summed E-state index contributed by atoms with van der Waals surface area (Å²) < 4.78 is 18.6. The molecule has 1 aromatic carbocycles. The Hall–Kier alpha value is -1.75. The number of carbonyl (C=O) groups is 2. The number of amides is 2. The van der Waals surface area contributed by atoms with Crippen LogP contribution >= 0.6 is 0 Å². The fourth-order valence-corrected chi connectivity index (χ4v) is 3.89. The molecule has 4 rings (SSSR count). The van der Waals surface area contributed by atoms with E-state index < -0.39 is 0 Å². The fourth-order valence-electron chi connectivity index (χ4n) is 3.89. The first-order chi connectivity index (χ1) is 10.1. The number of fused-ring (bicyclic) bond motifs is 5. The van der Waals surface area contributed by atoms with Crippen molar-refractivity contribution in [3.05, 3.63) is 35.6 Å². The molecule has 4 unspecified atom stereocenters. The lowest BCUT2D eigenvalue weighted by Crippen LogP contribution is -2.35. The van der Waals surface area contributed by atoms with Gasteiger partial charge in [0.25, 0.3) is 0 Å². The van der Waals surface area contributed by atoms with Gasteiger partial charge < -0.3 is 4.74 Å². The third-order valence-corrected chi connectivity index (χ3v) is 4.91. The van der Waals surface area contributed by atoms with Crippen molar-refractivity contribution >= 4 is 11.8 Å². The zero-order valence-electron chi connectivity index (χ0n) is 11.5. The van der Waals surface area contributed by atoms with Crippen LogP contribution in [0.25, 0.3) is 0 Å². The lowest BCUT2D eigenvalue weighted by molar-refractivity contribution is -0.142. The second-order valence-corrected chi connectivity index (χ2v) is 6.05. The predicted octanol–water partition coefficient (Wildman–Crippen LogP) is 1.53. The highest BCUT2D eigenvalue weighted by Crippen LogP contribution is 2.48. The van der Waals surface area contributed by atoms with Gasteiger partial charge in [0.05, 0.1) is 24.0 Å². The topological polar surface area (TPSA) is 46.6 Å². The van der Waals surface area contributed by atoms with Crippen LogP contribution in [0.1, 0.15) is 18.4 Å². The summed E-state index contributed by atoms with van der Waals surface area (Å²) in [7, 11) is 0. The molecule has 4 nitrogen and oxygen atoms in total. The summed E-state index contributed by atoms with van der Waals surface area (Å²) in [5, 5.41) is 0. The normalized spacial score (nSPS) is 33.9. The first-order valence-corrected chi connectivity index (χ1v) is 7.40. The molecule has 0 radical (unpaired) electrons. The smallest absolute Gasteiger partial charge is 0.235 e. The molecular formula is C16H16FNO3. The highest BCUT2D eigenvalue weighted by atomic mass is 19.1. The zero-order valence-corrected chi connectivity index (χ0v) is 11.5. The molecule has 0 saturated carbocycles. The lowest BCUT2D eigenvalue weighted by Gasteiger charge is -2.17. The molecule has 0 aliphatic carbocycles. The Bertz CT molecular complexity index is 572. The van der Waals surface area contributed by atoms with Crippen LogP contribution < -0.4 is 0 Å². The van der Waals surface area contributed by atoms with Gasteiger partial charge in [-0.1, -0.05) is 12.1 Å². The molecule has 110 valence electrons. The average Bonchev–Trinajstić information content (AvgIpc) is 3.14. The number of imide groups is 1. The summed E-state index contributed by atoms with van der Waals surface area (Å²) in [6, 6.07) is 6.17. The first kappa shape index (κ1) is 13.0. The predicted molar refractivity (Wildman–Crippen MR) is 71.7 cm³/mol. The van der Waals surface area contributed by atoms with E-state index in [0.717, 1.165) is 18.4 Å². The minimum atomic E-state index is -0.282. The van der Waals surface area contributed by atoms with Crippen LogP contribution in [-0.2, 0) is 20.7 Å². The minimum Gasteiger partial charge on any atom is -0.373 e. The van der Waals surface area contributed by atoms with Crippen LogP contribution in [-0.4, -0.2) is 35.5 Å². The third kappa shape index (κ3) is 1.91. The van der Waals surface area contributed by atoms with Crippen LogP contribution in [0, 0.1) is 17.7 Å². The van der Waals surface area contributed by atoms with Crippen LogP contribution in [0.4, 0.5) is 4.39 Å². The van der Waals surface area contributed by atoms with Crippen LogP contribution in [0.3, 0.4) is 0 Å². The van der Waals surface area contributed by atoms with Gasteiger partial charge in [-0.25, -0.2) is 4.39 Å². The number of ether oxygens (including phenoxy) is 1. The molecule has 0 N–H and O–H groups in total. The second kappa shape index (κ2) is 4.63. The Kier molecular flexibility index (Phi) is 2.85. The maximum absolute atomic E-state index is 12.9. The molecule has 2 bridgehead atoms. The Morgan fingerprint density at radius 2 is 1.62 bits per heavy atom. The van der Waals surface area contributed by atoms with E-state index in [-0.39, 0.29) is 41.7 Å². The summed E-state index contributed by atoms with van der Waals surface area (Å²) in [5.41, 5.74) is 0.924. The van der Waals surface area contributed by atoms with Crippen molar-refractivity contribution in [1.82, 2.24) is 4.90 Å². The number of benzene rings is 1. The monoisotopic (exact) mass is 289 g/mol. The number of nitrogens with zero attached hydrogens (tertiary/aromatic N) is 1. The minimum absolute atomic E-state index is 0.0627. The van der Waals surface area contributed by atoms with E-state index in [4.69, 9.17) is 4.74 Å². The Labute approximate surface area is 121 Å². The summed E-state index contributed by atoms with van der Waals surface area (Å²) in [6.07, 6.45) is 2.21. The number of halogens is 1. The van der Waals surface area contributed by atoms with Crippen molar-refractivity contribution in [1.29, 1.82) is 0 Å². The molecule has 2 amide bonds. The molecule has 21 heavy (non-hydrogen) atoms. The summed E-state index contributed by atoms with van der Waals surface area (Å²) in [5.74, 6) is -0.970. The van der Waals surface area contributed by atoms with Gasteiger partial charge in [0, 0.05) is 6.54 Å². The van der Waals surface area contributed by atoms with Crippen molar-refractivity contribution in [3.63, 3.8) is 0 Å². The van der Waals surface area contributed by atoms with E-state index in [9.17, 15) is 14.0 Å². The standard InChI is InChI=1S/C16H16FNO3/c17-10-3-1-9(2-4-10)7-8-18-15(19)13-11-5-6-12(21-11)14(13)16(18)20/h1-4,11-14H,5-8H2. The molecule has 3 saturated heterocycles. The molecule has 0 aromatic heterocycles. The molecule has 3 heterocycles. The van der Waals surface area contributed by atoms with Gasteiger partial charge in [-0.15, -0.1) is 0 Å². The molecule has 1 aromatic rings. The van der Waals surface area contributed by atoms with E-state index >= 15 is 0 Å². The van der Waals surface area contributed by atoms with Gasteiger partial charge in [0.15, 0.2) is 0 Å². The number of rotatable bonds is 3. The SMILES string of the molecule is O=C1C2C3CCC(O3)C2C(=O)N1CCc1ccc(F)cc1.